The lowest BCUT2D eigenvalue weighted by molar-refractivity contribution is -0.120. The van der Waals surface area contributed by atoms with E-state index < -0.39 is 0 Å². The van der Waals surface area contributed by atoms with Crippen molar-refractivity contribution in [3.63, 3.8) is 0 Å². The number of nitrogens with zero attached hydrogens (tertiary/aromatic N) is 1. The molecule has 0 aliphatic heterocycles. The largest absolute Gasteiger partial charge is 0.507 e. The molecule has 1 unspecified atom stereocenters. The fraction of sp³-hybridized carbons (Fsp3) is 0.478. The van der Waals surface area contributed by atoms with E-state index in [9.17, 15) is 9.90 Å². The lowest BCUT2D eigenvalue weighted by Gasteiger charge is -2.15. The third kappa shape index (κ3) is 5.98. The van der Waals surface area contributed by atoms with Crippen LogP contribution in [0.25, 0.3) is 0 Å². The van der Waals surface area contributed by atoms with Crippen molar-refractivity contribution in [1.82, 2.24) is 4.98 Å². The van der Waals surface area contributed by atoms with Gasteiger partial charge >= 0.3 is 0 Å². The van der Waals surface area contributed by atoms with Crippen LogP contribution in [0.1, 0.15) is 49.2 Å². The summed E-state index contributed by atoms with van der Waals surface area (Å²) in [6, 6.07) is 7.61. The molecule has 0 radical (unpaired) electrons. The van der Waals surface area contributed by atoms with Gasteiger partial charge in [-0.25, -0.2) is 0 Å². The van der Waals surface area contributed by atoms with Crippen LogP contribution in [0, 0.1) is 26.7 Å². The number of phenols is 1. The summed E-state index contributed by atoms with van der Waals surface area (Å²) in [5.74, 6) is 1.73. The van der Waals surface area contributed by atoms with Crippen molar-refractivity contribution < 1.29 is 19.4 Å². The molecule has 0 aliphatic rings. The summed E-state index contributed by atoms with van der Waals surface area (Å²) in [6.45, 7) is 10.4. The summed E-state index contributed by atoms with van der Waals surface area (Å²) in [5.41, 5.74) is 3.38. The van der Waals surface area contributed by atoms with Crippen LogP contribution in [-0.4, -0.2) is 29.1 Å². The molecule has 1 heterocycles. The molecule has 0 saturated carbocycles. The molecule has 1 N–H and O–H groups in total. The van der Waals surface area contributed by atoms with E-state index in [-0.39, 0.29) is 17.5 Å². The van der Waals surface area contributed by atoms with Crippen LogP contribution >= 0.6 is 0 Å². The van der Waals surface area contributed by atoms with Gasteiger partial charge in [0.05, 0.1) is 18.9 Å². The van der Waals surface area contributed by atoms with E-state index in [4.69, 9.17) is 9.47 Å². The Morgan fingerprint density at radius 2 is 1.64 bits per heavy atom. The standard InChI is InChI=1S/C23H31NO4/c1-15(19(5)25)14-20-9-11-21(17(3)23(20)26)27-12-6-7-13-28-22-10-8-16(2)24-18(22)4/h8-11,15,26H,6-7,12-14H2,1-5H3. The number of rotatable bonds is 10. The number of ketones is 1. The van der Waals surface area contributed by atoms with E-state index in [0.717, 1.165) is 35.5 Å². The van der Waals surface area contributed by atoms with E-state index in [0.29, 0.717) is 30.9 Å². The summed E-state index contributed by atoms with van der Waals surface area (Å²) >= 11 is 0. The van der Waals surface area contributed by atoms with Crippen LogP contribution in [0.3, 0.4) is 0 Å². The predicted molar refractivity (Wildman–Crippen MR) is 110 cm³/mol. The Morgan fingerprint density at radius 1 is 1.04 bits per heavy atom. The maximum Gasteiger partial charge on any atom is 0.140 e. The number of hydrogen-bond donors (Lipinski definition) is 1. The molecule has 5 heteroatoms. The number of ether oxygens (including phenoxy) is 2. The third-order valence-electron chi connectivity index (χ3n) is 4.92. The highest BCUT2D eigenvalue weighted by Gasteiger charge is 2.15. The number of pyridine rings is 1. The van der Waals surface area contributed by atoms with Crippen molar-refractivity contribution in [1.29, 1.82) is 0 Å². The molecule has 5 nitrogen and oxygen atoms in total. The van der Waals surface area contributed by atoms with Gasteiger partial charge in [-0.1, -0.05) is 13.0 Å². The summed E-state index contributed by atoms with van der Waals surface area (Å²) in [4.78, 5) is 15.8. The highest BCUT2D eigenvalue weighted by atomic mass is 16.5. The fourth-order valence-electron chi connectivity index (χ4n) is 2.93. The number of carbonyl (C=O) groups is 1. The van der Waals surface area contributed by atoms with E-state index in [2.05, 4.69) is 4.98 Å². The van der Waals surface area contributed by atoms with Gasteiger partial charge in [0.15, 0.2) is 0 Å². The molecule has 0 spiro atoms. The van der Waals surface area contributed by atoms with Gasteiger partial charge in [0.2, 0.25) is 0 Å². The zero-order valence-electron chi connectivity index (χ0n) is 17.5. The van der Waals surface area contributed by atoms with Crippen molar-refractivity contribution in [3.8, 4) is 17.2 Å². The van der Waals surface area contributed by atoms with Gasteiger partial charge in [-0.15, -0.1) is 0 Å². The first kappa shape index (κ1) is 21.7. The molecule has 1 aromatic heterocycles. The van der Waals surface area contributed by atoms with Gasteiger partial charge in [0.1, 0.15) is 23.0 Å². The first-order chi connectivity index (χ1) is 13.3. The molecule has 152 valence electrons. The number of phenolic OH excluding ortho intramolecular Hbond substituents is 1. The second kappa shape index (κ2) is 10.1. The minimum absolute atomic E-state index is 0.107. The number of hydrogen-bond acceptors (Lipinski definition) is 5. The molecule has 1 aromatic carbocycles. The van der Waals surface area contributed by atoms with E-state index >= 15 is 0 Å². The van der Waals surface area contributed by atoms with E-state index in [1.54, 1.807) is 6.92 Å². The highest BCUT2D eigenvalue weighted by Crippen LogP contribution is 2.32. The normalized spacial score (nSPS) is 11.9. The molecule has 28 heavy (non-hydrogen) atoms. The first-order valence-corrected chi connectivity index (χ1v) is 9.81. The topological polar surface area (TPSA) is 68.7 Å². The second-order valence-electron chi connectivity index (χ2n) is 7.35. The fourth-order valence-corrected chi connectivity index (χ4v) is 2.93. The summed E-state index contributed by atoms with van der Waals surface area (Å²) < 4.78 is 11.6. The molecule has 2 rings (SSSR count). The maximum absolute atomic E-state index is 11.4. The minimum Gasteiger partial charge on any atom is -0.507 e. The second-order valence-corrected chi connectivity index (χ2v) is 7.35. The number of aryl methyl sites for hydroxylation is 2. The van der Waals surface area contributed by atoms with Gasteiger partial charge in [-0.05, 0) is 70.7 Å². The predicted octanol–water partition coefficient (Wildman–Crippen LogP) is 4.72. The number of carbonyl (C=O) groups excluding carboxylic acids is 1. The molecule has 0 saturated heterocycles. The van der Waals surface area contributed by atoms with E-state index in [1.807, 2.05) is 52.0 Å². The van der Waals surface area contributed by atoms with Crippen LogP contribution in [0.2, 0.25) is 0 Å². The smallest absolute Gasteiger partial charge is 0.140 e. The Bertz CT molecular complexity index is 816. The van der Waals surface area contributed by atoms with Crippen molar-refractivity contribution in [2.45, 2.75) is 53.9 Å². The van der Waals surface area contributed by atoms with E-state index in [1.165, 1.54) is 0 Å². The van der Waals surface area contributed by atoms with Crippen LogP contribution in [-0.2, 0) is 11.2 Å². The lowest BCUT2D eigenvalue weighted by Crippen LogP contribution is -2.10. The number of Topliss-reactive ketones (excluding diaryl/α,β-unsaturated/α-hetero) is 1. The average Bonchev–Trinajstić information content (AvgIpc) is 2.64. The molecule has 2 aromatic rings. The Morgan fingerprint density at radius 3 is 2.25 bits per heavy atom. The minimum atomic E-state index is -0.107. The monoisotopic (exact) mass is 385 g/mol. The number of benzene rings is 1. The van der Waals surface area contributed by atoms with Crippen molar-refractivity contribution >= 4 is 5.78 Å². The van der Waals surface area contributed by atoms with Crippen LogP contribution in [0.5, 0.6) is 17.2 Å². The molecule has 0 bridgehead atoms. The molecular weight excluding hydrogens is 354 g/mol. The Kier molecular flexibility index (Phi) is 7.85. The van der Waals surface area contributed by atoms with Gasteiger partial charge in [-0.3, -0.25) is 9.78 Å². The number of aromatic hydroxyl groups is 1. The third-order valence-corrected chi connectivity index (χ3v) is 4.92. The SMILES string of the molecule is CC(=O)C(C)Cc1ccc(OCCCCOc2ccc(C)nc2C)c(C)c1O. The average molecular weight is 386 g/mol. The summed E-state index contributed by atoms with van der Waals surface area (Å²) in [5, 5.41) is 10.4. The zero-order chi connectivity index (χ0) is 20.7. The molecule has 0 fully saturated rings. The number of unbranched alkanes of at least 4 members (excludes halogenated alkanes) is 1. The molecule has 1 atom stereocenters. The van der Waals surface area contributed by atoms with Gasteiger partial charge in [0.25, 0.3) is 0 Å². The van der Waals surface area contributed by atoms with Crippen molar-refractivity contribution in [3.05, 3.63) is 46.8 Å². The first-order valence-electron chi connectivity index (χ1n) is 9.81. The van der Waals surface area contributed by atoms with Crippen molar-refractivity contribution in [2.24, 2.45) is 5.92 Å². The Labute approximate surface area is 167 Å². The van der Waals surface area contributed by atoms with Crippen LogP contribution < -0.4 is 9.47 Å². The Balaban J connectivity index is 1.78. The lowest BCUT2D eigenvalue weighted by atomic mass is 9.95. The Hall–Kier alpha value is -2.56. The van der Waals surface area contributed by atoms with Gasteiger partial charge in [0, 0.05) is 17.2 Å². The zero-order valence-corrected chi connectivity index (χ0v) is 17.5. The quantitative estimate of drug-likeness (QED) is 0.600. The highest BCUT2D eigenvalue weighted by molar-refractivity contribution is 5.78. The molecular formula is C23H31NO4. The van der Waals surface area contributed by atoms with Gasteiger partial charge < -0.3 is 14.6 Å². The summed E-state index contributed by atoms with van der Waals surface area (Å²) in [6.07, 6.45) is 2.25. The van der Waals surface area contributed by atoms with Crippen LogP contribution in [0.4, 0.5) is 0 Å². The maximum atomic E-state index is 11.4. The van der Waals surface area contributed by atoms with Crippen LogP contribution in [0.15, 0.2) is 24.3 Å². The van der Waals surface area contributed by atoms with Crippen molar-refractivity contribution in [2.75, 3.05) is 13.2 Å². The van der Waals surface area contributed by atoms with Gasteiger partial charge in [-0.2, -0.15) is 0 Å². The summed E-state index contributed by atoms with van der Waals surface area (Å²) in [7, 11) is 0. The number of aromatic nitrogens is 1. The molecule has 0 aliphatic carbocycles. The molecule has 0 amide bonds.